The Hall–Kier alpha value is -2.05. The van der Waals surface area contributed by atoms with Gasteiger partial charge >= 0.3 is 0 Å². The number of hydroxylamine groups is 2. The lowest BCUT2D eigenvalue weighted by atomic mass is 9.98. The van der Waals surface area contributed by atoms with Gasteiger partial charge in [-0.1, -0.05) is 5.21 Å². The van der Waals surface area contributed by atoms with Gasteiger partial charge in [0.1, 0.15) is 0 Å². The van der Waals surface area contributed by atoms with Crippen molar-refractivity contribution in [2.45, 2.75) is 58.3 Å². The van der Waals surface area contributed by atoms with Crippen molar-refractivity contribution in [2.24, 2.45) is 0 Å². The normalized spacial score (nSPS) is 22.5. The number of piperidine rings is 1. The van der Waals surface area contributed by atoms with Crippen molar-refractivity contribution in [3.05, 3.63) is 5.82 Å². The number of aromatic amines is 1. The fraction of sp³-hybridized carbons (Fsp3) is 0.769. The van der Waals surface area contributed by atoms with Gasteiger partial charge in [0.15, 0.2) is 5.82 Å². The zero-order chi connectivity index (χ0) is 16.1. The molecular weight excluding hydrogens is 286 g/mol. The van der Waals surface area contributed by atoms with Crippen LogP contribution in [-0.4, -0.2) is 61.2 Å². The van der Waals surface area contributed by atoms with Crippen LogP contribution in [0.4, 0.5) is 0 Å². The number of nitrogens with zero attached hydrogens (tertiary/aromatic N) is 6. The van der Waals surface area contributed by atoms with E-state index < -0.39 is 0 Å². The van der Waals surface area contributed by atoms with Gasteiger partial charge in [-0.05, 0) is 26.7 Å². The largest absolute Gasteiger partial charge is 0.278 e. The Kier molecular flexibility index (Phi) is 5.41. The summed E-state index contributed by atoms with van der Waals surface area (Å²) in [7, 11) is 0. The van der Waals surface area contributed by atoms with E-state index in [1.54, 1.807) is 0 Å². The molecule has 0 aromatic carbocycles. The van der Waals surface area contributed by atoms with Gasteiger partial charge in [0, 0.05) is 13.5 Å². The number of H-pyrrole nitrogens is 1. The van der Waals surface area contributed by atoms with Crippen molar-refractivity contribution in [3.63, 3.8) is 0 Å². The second-order valence-electron chi connectivity index (χ2n) is 5.63. The van der Waals surface area contributed by atoms with E-state index in [4.69, 9.17) is 4.84 Å². The van der Waals surface area contributed by atoms with E-state index in [1.807, 2.05) is 18.7 Å². The number of hydrogen-bond acceptors (Lipinski definition) is 7. The molecule has 2 heterocycles. The van der Waals surface area contributed by atoms with E-state index in [1.165, 1.54) is 12.0 Å². The number of aromatic nitrogens is 4. The molecule has 1 amide bonds. The van der Waals surface area contributed by atoms with E-state index >= 15 is 0 Å². The Morgan fingerprint density at radius 1 is 1.59 bits per heavy atom. The van der Waals surface area contributed by atoms with E-state index in [0.717, 1.165) is 6.42 Å². The number of likely N-dealkylation sites (tertiary alicyclic amines) is 1. The first-order valence-corrected chi connectivity index (χ1v) is 7.33. The lowest BCUT2D eigenvalue weighted by Crippen LogP contribution is -2.53. The van der Waals surface area contributed by atoms with Crippen molar-refractivity contribution < 1.29 is 9.63 Å². The second-order valence-corrected chi connectivity index (χ2v) is 5.63. The molecule has 0 radical (unpaired) electrons. The Balaban J connectivity index is 2.08. The standard InChI is InChI=1S/C13H21N7O2/c1-9(2)22-20(10(3)21)12-5-4-11(6-14)19(7-12)8-13-15-17-18-16-13/h9,11-12H,4-5,7-8H2,1-3H3,(H,15,16,17,18)/t11-,12+/m0/s1. The van der Waals surface area contributed by atoms with Gasteiger partial charge in [-0.15, -0.1) is 10.2 Å². The van der Waals surface area contributed by atoms with Crippen molar-refractivity contribution in [3.8, 4) is 6.07 Å². The van der Waals surface area contributed by atoms with E-state index in [9.17, 15) is 10.1 Å². The van der Waals surface area contributed by atoms with Crippen LogP contribution in [0.1, 0.15) is 39.4 Å². The maximum atomic E-state index is 11.8. The Morgan fingerprint density at radius 3 is 2.91 bits per heavy atom. The van der Waals surface area contributed by atoms with Crippen LogP contribution in [0.5, 0.6) is 0 Å². The van der Waals surface area contributed by atoms with Gasteiger partial charge in [0.05, 0.1) is 30.8 Å². The molecular formula is C13H21N7O2. The third kappa shape index (κ3) is 3.99. The highest BCUT2D eigenvalue weighted by Gasteiger charge is 2.34. The fourth-order valence-electron chi connectivity index (χ4n) is 2.61. The van der Waals surface area contributed by atoms with Crippen molar-refractivity contribution >= 4 is 5.91 Å². The molecule has 0 spiro atoms. The van der Waals surface area contributed by atoms with E-state index in [0.29, 0.717) is 25.3 Å². The molecule has 0 saturated carbocycles. The summed E-state index contributed by atoms with van der Waals surface area (Å²) >= 11 is 0. The number of hydrogen-bond donors (Lipinski definition) is 1. The van der Waals surface area contributed by atoms with Gasteiger partial charge in [-0.2, -0.15) is 10.5 Å². The molecule has 1 aromatic rings. The van der Waals surface area contributed by atoms with Crippen LogP contribution in [0.15, 0.2) is 0 Å². The first-order chi connectivity index (χ1) is 10.5. The maximum absolute atomic E-state index is 11.8. The summed E-state index contributed by atoms with van der Waals surface area (Å²) in [5, 5.41) is 24.5. The lowest BCUT2D eigenvalue weighted by molar-refractivity contribution is -0.220. The molecule has 2 rings (SSSR count). The van der Waals surface area contributed by atoms with Crippen molar-refractivity contribution in [2.75, 3.05) is 6.54 Å². The average Bonchev–Trinajstić information content (AvgIpc) is 2.97. The number of carbonyl (C=O) groups excluding carboxylic acids is 1. The predicted octanol–water partition coefficient (Wildman–Crippen LogP) is 0.245. The summed E-state index contributed by atoms with van der Waals surface area (Å²) in [4.78, 5) is 19.4. The highest BCUT2D eigenvalue weighted by atomic mass is 16.7. The molecule has 2 atom stereocenters. The minimum Gasteiger partial charge on any atom is -0.278 e. The number of amides is 1. The predicted molar refractivity (Wildman–Crippen MR) is 75.8 cm³/mol. The summed E-state index contributed by atoms with van der Waals surface area (Å²) in [5.74, 6) is 0.397. The van der Waals surface area contributed by atoms with Crippen LogP contribution >= 0.6 is 0 Å². The van der Waals surface area contributed by atoms with Crippen LogP contribution in [0.25, 0.3) is 0 Å². The second kappa shape index (κ2) is 7.29. The Labute approximate surface area is 129 Å². The van der Waals surface area contributed by atoms with Crippen LogP contribution in [0.3, 0.4) is 0 Å². The number of nitrogens with one attached hydrogen (secondary N) is 1. The summed E-state index contributed by atoms with van der Waals surface area (Å²) in [6.07, 6.45) is 1.32. The lowest BCUT2D eigenvalue weighted by Gasteiger charge is -2.40. The molecule has 1 N–H and O–H groups in total. The zero-order valence-corrected chi connectivity index (χ0v) is 13.1. The van der Waals surface area contributed by atoms with Gasteiger partial charge in [0.25, 0.3) is 0 Å². The molecule has 1 fully saturated rings. The third-order valence-electron chi connectivity index (χ3n) is 3.51. The van der Waals surface area contributed by atoms with Gasteiger partial charge in [-0.3, -0.25) is 14.5 Å². The Morgan fingerprint density at radius 2 is 2.36 bits per heavy atom. The van der Waals surface area contributed by atoms with Crippen molar-refractivity contribution in [1.29, 1.82) is 5.26 Å². The maximum Gasteiger partial charge on any atom is 0.243 e. The molecule has 9 nitrogen and oxygen atoms in total. The highest BCUT2D eigenvalue weighted by molar-refractivity contribution is 5.72. The van der Waals surface area contributed by atoms with Crippen LogP contribution in [0.2, 0.25) is 0 Å². The van der Waals surface area contributed by atoms with Crippen molar-refractivity contribution in [1.82, 2.24) is 30.6 Å². The first-order valence-electron chi connectivity index (χ1n) is 7.33. The number of tetrazole rings is 1. The molecule has 1 aliphatic rings. The molecule has 1 aliphatic heterocycles. The minimum absolute atomic E-state index is 0.0803. The molecule has 1 aromatic heterocycles. The molecule has 1 saturated heterocycles. The summed E-state index contributed by atoms with van der Waals surface area (Å²) in [6, 6.07) is 1.98. The molecule has 0 bridgehead atoms. The monoisotopic (exact) mass is 307 g/mol. The van der Waals surface area contributed by atoms with Gasteiger partial charge < -0.3 is 0 Å². The van der Waals surface area contributed by atoms with Crippen LogP contribution in [0, 0.1) is 11.3 Å². The molecule has 0 aliphatic carbocycles. The van der Waals surface area contributed by atoms with Gasteiger partial charge in [0.2, 0.25) is 5.91 Å². The molecule has 0 unspecified atom stereocenters. The zero-order valence-electron chi connectivity index (χ0n) is 13.1. The van der Waals surface area contributed by atoms with Gasteiger partial charge in [-0.25, -0.2) is 5.06 Å². The summed E-state index contributed by atoms with van der Waals surface area (Å²) < 4.78 is 0. The summed E-state index contributed by atoms with van der Waals surface area (Å²) in [6.45, 7) is 6.21. The number of rotatable bonds is 5. The quantitative estimate of drug-likeness (QED) is 0.776. The Bertz CT molecular complexity index is 525. The minimum atomic E-state index is -0.220. The van der Waals surface area contributed by atoms with E-state index in [2.05, 4.69) is 26.7 Å². The SMILES string of the molecule is CC(=O)N(OC(C)C)[C@@H]1CC[C@@H](C#N)N(Cc2nn[nH]n2)C1. The average molecular weight is 307 g/mol. The smallest absolute Gasteiger partial charge is 0.243 e. The van der Waals surface area contributed by atoms with Crippen LogP contribution < -0.4 is 0 Å². The third-order valence-corrected chi connectivity index (χ3v) is 3.51. The molecule has 9 heteroatoms. The number of nitriles is 1. The highest BCUT2D eigenvalue weighted by Crippen LogP contribution is 2.23. The first kappa shape index (κ1) is 16.3. The topological polar surface area (TPSA) is 111 Å². The summed E-state index contributed by atoms with van der Waals surface area (Å²) in [5.41, 5.74) is 0. The van der Waals surface area contributed by atoms with Crippen LogP contribution in [-0.2, 0) is 16.2 Å². The fourth-order valence-corrected chi connectivity index (χ4v) is 2.61. The molecule has 22 heavy (non-hydrogen) atoms. The van der Waals surface area contributed by atoms with E-state index in [-0.39, 0.29) is 24.1 Å². The number of carbonyl (C=O) groups is 1. The molecule has 120 valence electrons.